The number of ether oxygens (including phenoxy) is 1. The molecule has 0 bridgehead atoms. The van der Waals surface area contributed by atoms with Crippen molar-refractivity contribution in [2.45, 2.75) is 6.92 Å². The molecule has 1 rings (SSSR count). The first-order chi connectivity index (χ1) is 6.56. The number of rotatable bonds is 3. The quantitative estimate of drug-likeness (QED) is 0.794. The van der Waals surface area contributed by atoms with E-state index in [9.17, 15) is 0 Å². The Morgan fingerprint density at radius 1 is 1.50 bits per heavy atom. The van der Waals surface area contributed by atoms with E-state index >= 15 is 0 Å². The van der Waals surface area contributed by atoms with Crippen molar-refractivity contribution in [2.75, 3.05) is 19.1 Å². The Morgan fingerprint density at radius 2 is 2.14 bits per heavy atom. The lowest BCUT2D eigenvalue weighted by Crippen LogP contribution is -2.22. The van der Waals surface area contributed by atoms with Gasteiger partial charge in [0.15, 0.2) is 0 Å². The van der Waals surface area contributed by atoms with E-state index in [0.717, 1.165) is 17.0 Å². The van der Waals surface area contributed by atoms with Gasteiger partial charge >= 0.3 is 0 Å². The van der Waals surface area contributed by atoms with Crippen LogP contribution in [0.4, 0.5) is 5.69 Å². The summed E-state index contributed by atoms with van der Waals surface area (Å²) in [5, 5.41) is 0. The summed E-state index contributed by atoms with van der Waals surface area (Å²) in [5.74, 6) is 1.33. The molecule has 0 unspecified atom stereocenters. The second-order valence-electron chi connectivity index (χ2n) is 3.20. The van der Waals surface area contributed by atoms with Crippen LogP contribution in [0, 0.1) is 6.92 Å². The van der Waals surface area contributed by atoms with Crippen LogP contribution in [0.3, 0.4) is 0 Å². The highest BCUT2D eigenvalue weighted by atomic mass is 16.5. The third-order valence-electron chi connectivity index (χ3n) is 2.21. The van der Waals surface area contributed by atoms with Gasteiger partial charge in [0.05, 0.1) is 12.9 Å². The van der Waals surface area contributed by atoms with Crippen LogP contribution >= 0.6 is 0 Å². The molecular formula is C11H16N2O. The fourth-order valence-electron chi connectivity index (χ4n) is 1.23. The van der Waals surface area contributed by atoms with E-state index in [-0.39, 0.29) is 0 Å². The maximum atomic E-state index is 5.62. The molecule has 1 aromatic carbocycles. The standard InChI is InChI=1S/C11H16N2O/c1-8-5-6-10(14-4)7-11(8)13(3)9(2)12/h5-7H,2,12H2,1,3-4H3. The Balaban J connectivity index is 3.11. The fraction of sp³-hybridized carbons (Fsp3) is 0.273. The van der Waals surface area contributed by atoms with Crippen molar-refractivity contribution in [3.63, 3.8) is 0 Å². The lowest BCUT2D eigenvalue weighted by atomic mass is 10.2. The minimum absolute atomic E-state index is 0.515. The third-order valence-corrected chi connectivity index (χ3v) is 2.21. The molecule has 14 heavy (non-hydrogen) atoms. The summed E-state index contributed by atoms with van der Waals surface area (Å²) in [4.78, 5) is 1.83. The number of nitrogens with two attached hydrogens (primary N) is 1. The van der Waals surface area contributed by atoms with Crippen LogP contribution in [-0.4, -0.2) is 14.2 Å². The van der Waals surface area contributed by atoms with Crippen molar-refractivity contribution in [1.82, 2.24) is 0 Å². The molecule has 0 heterocycles. The van der Waals surface area contributed by atoms with E-state index in [2.05, 4.69) is 6.58 Å². The molecule has 3 nitrogen and oxygen atoms in total. The molecule has 76 valence electrons. The molecule has 3 heteroatoms. The van der Waals surface area contributed by atoms with Gasteiger partial charge < -0.3 is 15.4 Å². The van der Waals surface area contributed by atoms with Crippen LogP contribution in [-0.2, 0) is 0 Å². The van der Waals surface area contributed by atoms with E-state index in [0.29, 0.717) is 5.82 Å². The lowest BCUT2D eigenvalue weighted by Gasteiger charge is -2.21. The normalized spacial score (nSPS) is 9.64. The monoisotopic (exact) mass is 192 g/mol. The minimum atomic E-state index is 0.515. The van der Waals surface area contributed by atoms with Crippen LogP contribution in [0.25, 0.3) is 0 Å². The van der Waals surface area contributed by atoms with Crippen LogP contribution in [0.2, 0.25) is 0 Å². The first kappa shape index (κ1) is 10.4. The van der Waals surface area contributed by atoms with E-state index < -0.39 is 0 Å². The van der Waals surface area contributed by atoms with Crippen LogP contribution in [0.15, 0.2) is 30.6 Å². The van der Waals surface area contributed by atoms with Crippen LogP contribution < -0.4 is 15.4 Å². The number of methoxy groups -OCH3 is 1. The molecular weight excluding hydrogens is 176 g/mol. The van der Waals surface area contributed by atoms with Gasteiger partial charge in [0, 0.05) is 18.8 Å². The summed E-state index contributed by atoms with van der Waals surface area (Å²) in [6.45, 7) is 5.71. The Bertz CT molecular complexity index is 347. The predicted molar refractivity (Wildman–Crippen MR) is 59.5 cm³/mol. The zero-order valence-corrected chi connectivity index (χ0v) is 8.87. The third kappa shape index (κ3) is 1.99. The van der Waals surface area contributed by atoms with Gasteiger partial charge in [-0.1, -0.05) is 12.6 Å². The highest BCUT2D eigenvalue weighted by Gasteiger charge is 2.06. The first-order valence-corrected chi connectivity index (χ1v) is 4.39. The molecule has 0 aliphatic heterocycles. The summed E-state index contributed by atoms with van der Waals surface area (Å²) in [5.41, 5.74) is 7.77. The van der Waals surface area contributed by atoms with Gasteiger partial charge in [-0.2, -0.15) is 0 Å². The van der Waals surface area contributed by atoms with Gasteiger partial charge in [-0.05, 0) is 18.6 Å². The molecule has 0 aromatic heterocycles. The Kier molecular flexibility index (Phi) is 3.02. The zero-order valence-electron chi connectivity index (χ0n) is 8.87. The summed E-state index contributed by atoms with van der Waals surface area (Å²) in [6, 6.07) is 5.85. The number of aryl methyl sites for hydroxylation is 1. The average molecular weight is 192 g/mol. The highest BCUT2D eigenvalue weighted by Crippen LogP contribution is 2.25. The number of benzene rings is 1. The van der Waals surface area contributed by atoms with Crippen molar-refractivity contribution >= 4 is 5.69 Å². The second-order valence-corrected chi connectivity index (χ2v) is 3.20. The number of hydrogen-bond donors (Lipinski definition) is 1. The number of hydrogen-bond acceptors (Lipinski definition) is 3. The van der Waals surface area contributed by atoms with E-state index in [1.807, 2.05) is 37.1 Å². The van der Waals surface area contributed by atoms with Gasteiger partial charge in [-0.3, -0.25) is 0 Å². The van der Waals surface area contributed by atoms with Crippen LogP contribution in [0.5, 0.6) is 5.75 Å². The molecule has 0 aliphatic rings. The zero-order chi connectivity index (χ0) is 10.7. The van der Waals surface area contributed by atoms with Crippen molar-refractivity contribution in [3.05, 3.63) is 36.2 Å². The van der Waals surface area contributed by atoms with E-state index in [1.165, 1.54) is 0 Å². The molecule has 0 radical (unpaired) electrons. The second kappa shape index (κ2) is 4.05. The molecule has 0 saturated carbocycles. The molecule has 0 spiro atoms. The minimum Gasteiger partial charge on any atom is -0.497 e. The van der Waals surface area contributed by atoms with Crippen molar-refractivity contribution < 1.29 is 4.74 Å². The molecule has 0 aliphatic carbocycles. The van der Waals surface area contributed by atoms with Crippen molar-refractivity contribution in [1.29, 1.82) is 0 Å². The molecule has 1 aromatic rings. The maximum Gasteiger partial charge on any atom is 0.120 e. The number of nitrogens with zero attached hydrogens (tertiary/aromatic N) is 1. The van der Waals surface area contributed by atoms with Gasteiger partial charge in [-0.25, -0.2) is 0 Å². The SMILES string of the molecule is C=C(N)N(C)c1cc(OC)ccc1C. The predicted octanol–water partition coefficient (Wildman–Crippen LogP) is 1.87. The molecule has 0 saturated heterocycles. The molecule has 0 amide bonds. The highest BCUT2D eigenvalue weighted by molar-refractivity contribution is 5.59. The molecule has 2 N–H and O–H groups in total. The average Bonchev–Trinajstić information content (AvgIpc) is 2.17. The largest absolute Gasteiger partial charge is 0.497 e. The van der Waals surface area contributed by atoms with Gasteiger partial charge in [0.2, 0.25) is 0 Å². The summed E-state index contributed by atoms with van der Waals surface area (Å²) < 4.78 is 5.14. The summed E-state index contributed by atoms with van der Waals surface area (Å²) in [6.07, 6.45) is 0. The smallest absolute Gasteiger partial charge is 0.120 e. The van der Waals surface area contributed by atoms with Gasteiger partial charge in [-0.15, -0.1) is 0 Å². The van der Waals surface area contributed by atoms with Gasteiger partial charge in [0.1, 0.15) is 5.75 Å². The Hall–Kier alpha value is -1.64. The van der Waals surface area contributed by atoms with Gasteiger partial charge in [0.25, 0.3) is 0 Å². The first-order valence-electron chi connectivity index (χ1n) is 4.39. The summed E-state index contributed by atoms with van der Waals surface area (Å²) >= 11 is 0. The van der Waals surface area contributed by atoms with E-state index in [4.69, 9.17) is 10.5 Å². The Labute approximate surface area is 84.8 Å². The van der Waals surface area contributed by atoms with Crippen molar-refractivity contribution in [2.24, 2.45) is 5.73 Å². The maximum absolute atomic E-state index is 5.62. The van der Waals surface area contributed by atoms with Crippen LogP contribution in [0.1, 0.15) is 5.56 Å². The molecule has 0 atom stereocenters. The van der Waals surface area contributed by atoms with Crippen molar-refractivity contribution in [3.8, 4) is 5.75 Å². The fourth-order valence-corrected chi connectivity index (χ4v) is 1.23. The topological polar surface area (TPSA) is 38.5 Å². The van der Waals surface area contributed by atoms with E-state index in [1.54, 1.807) is 7.11 Å². The summed E-state index contributed by atoms with van der Waals surface area (Å²) in [7, 11) is 3.52. The molecule has 0 fully saturated rings. The Morgan fingerprint density at radius 3 is 2.64 bits per heavy atom. The lowest BCUT2D eigenvalue weighted by molar-refractivity contribution is 0.415. The number of anilines is 1.